The normalized spacial score (nSPS) is 13.3. The average Bonchev–Trinajstić information content (AvgIpc) is 2.39. The number of rotatable bonds is 8. The van der Waals surface area contributed by atoms with Gasteiger partial charge >= 0.3 is 6.18 Å². The fourth-order valence-corrected chi connectivity index (χ4v) is 1.63. The highest BCUT2D eigenvalue weighted by molar-refractivity contribution is 5.93. The van der Waals surface area contributed by atoms with Crippen LogP contribution in [0.2, 0.25) is 0 Å². The molecule has 0 atom stereocenters. The van der Waals surface area contributed by atoms with Crippen molar-refractivity contribution in [3.8, 4) is 0 Å². The van der Waals surface area contributed by atoms with E-state index in [1.54, 1.807) is 13.8 Å². The molecule has 0 unspecified atom stereocenters. The van der Waals surface area contributed by atoms with Crippen LogP contribution in [0.5, 0.6) is 0 Å². The maximum atomic E-state index is 11.8. The van der Waals surface area contributed by atoms with Gasteiger partial charge in [-0.3, -0.25) is 4.79 Å². The van der Waals surface area contributed by atoms with E-state index in [1.165, 1.54) is 0 Å². The molecule has 118 valence electrons. The quantitative estimate of drug-likeness (QED) is 0.207. The minimum atomic E-state index is -4.42. The Hall–Kier alpha value is -1.51. The van der Waals surface area contributed by atoms with Crippen LogP contribution in [-0.2, 0) is 9.53 Å². The van der Waals surface area contributed by atoms with Crippen molar-refractivity contribution in [3.05, 3.63) is 0 Å². The number of ether oxygens (including phenoxy) is 1. The summed E-state index contributed by atoms with van der Waals surface area (Å²) in [6.07, 6.45) is -3.89. The van der Waals surface area contributed by atoms with E-state index in [4.69, 9.17) is 10.9 Å². The van der Waals surface area contributed by atoms with Gasteiger partial charge in [0.05, 0.1) is 6.61 Å². The maximum Gasteiger partial charge on any atom is 0.411 e. The van der Waals surface area contributed by atoms with E-state index in [-0.39, 0.29) is 18.9 Å². The monoisotopic (exact) mass is 299 g/mol. The highest BCUT2D eigenvalue weighted by Gasteiger charge is 2.33. The summed E-state index contributed by atoms with van der Waals surface area (Å²) in [6, 6.07) is 0. The van der Waals surface area contributed by atoms with Crippen LogP contribution < -0.4 is 11.1 Å². The SMILES string of the molecule is CCC(CC)(NC(=O)CCOCC(F)(F)F)C(N)=NO. The van der Waals surface area contributed by atoms with Crippen molar-refractivity contribution in [3.63, 3.8) is 0 Å². The molecule has 0 rings (SSSR count). The number of nitrogens with one attached hydrogen (secondary N) is 1. The number of alkyl halides is 3. The summed E-state index contributed by atoms with van der Waals surface area (Å²) < 4.78 is 39.8. The van der Waals surface area contributed by atoms with E-state index in [0.29, 0.717) is 12.8 Å². The van der Waals surface area contributed by atoms with E-state index < -0.39 is 24.2 Å². The number of carbonyl (C=O) groups excluding carboxylic acids is 1. The van der Waals surface area contributed by atoms with Gasteiger partial charge in [0.25, 0.3) is 0 Å². The summed E-state index contributed by atoms with van der Waals surface area (Å²) in [5.41, 5.74) is 4.53. The Kier molecular flexibility index (Phi) is 7.33. The lowest BCUT2D eigenvalue weighted by Gasteiger charge is -2.31. The summed E-state index contributed by atoms with van der Waals surface area (Å²) in [6.45, 7) is 1.72. The predicted molar refractivity (Wildman–Crippen MR) is 66.4 cm³/mol. The van der Waals surface area contributed by atoms with Gasteiger partial charge in [0.2, 0.25) is 5.91 Å². The van der Waals surface area contributed by atoms with Crippen molar-refractivity contribution in [2.75, 3.05) is 13.2 Å². The molecule has 9 heteroatoms. The Balaban J connectivity index is 4.36. The minimum Gasteiger partial charge on any atom is -0.409 e. The van der Waals surface area contributed by atoms with E-state index in [1.807, 2.05) is 0 Å². The number of halogens is 3. The Labute approximate surface area is 115 Å². The number of nitrogens with two attached hydrogens (primary N) is 1. The van der Waals surface area contributed by atoms with Crippen molar-refractivity contribution < 1.29 is 27.9 Å². The molecular formula is C11H20F3N3O3. The molecule has 0 saturated carbocycles. The number of amidine groups is 1. The van der Waals surface area contributed by atoms with Crippen molar-refractivity contribution >= 4 is 11.7 Å². The third-order valence-corrected chi connectivity index (χ3v) is 2.92. The largest absolute Gasteiger partial charge is 0.411 e. The fourth-order valence-electron chi connectivity index (χ4n) is 1.63. The number of hydrogen-bond donors (Lipinski definition) is 3. The van der Waals surface area contributed by atoms with E-state index >= 15 is 0 Å². The van der Waals surface area contributed by atoms with Gasteiger partial charge in [-0.25, -0.2) is 0 Å². The summed E-state index contributed by atoms with van der Waals surface area (Å²) in [4.78, 5) is 11.7. The molecule has 0 aliphatic rings. The highest BCUT2D eigenvalue weighted by Crippen LogP contribution is 2.16. The Morgan fingerprint density at radius 2 is 1.90 bits per heavy atom. The van der Waals surface area contributed by atoms with E-state index in [0.717, 1.165) is 0 Å². The topological polar surface area (TPSA) is 96.9 Å². The van der Waals surface area contributed by atoms with Gasteiger partial charge in [-0.1, -0.05) is 19.0 Å². The van der Waals surface area contributed by atoms with Crippen LogP contribution in [0, 0.1) is 0 Å². The lowest BCUT2D eigenvalue weighted by Crippen LogP contribution is -2.57. The third-order valence-electron chi connectivity index (χ3n) is 2.92. The predicted octanol–water partition coefficient (Wildman–Crippen LogP) is 1.38. The van der Waals surface area contributed by atoms with Crippen molar-refractivity contribution in [1.82, 2.24) is 5.32 Å². The lowest BCUT2D eigenvalue weighted by molar-refractivity contribution is -0.174. The molecule has 0 aromatic heterocycles. The zero-order chi connectivity index (χ0) is 15.8. The molecule has 0 heterocycles. The molecule has 0 fully saturated rings. The lowest BCUT2D eigenvalue weighted by atomic mass is 9.91. The second kappa shape index (κ2) is 7.93. The number of hydrogen-bond acceptors (Lipinski definition) is 4. The van der Waals surface area contributed by atoms with Gasteiger partial charge in [0, 0.05) is 6.42 Å². The van der Waals surface area contributed by atoms with Crippen LogP contribution in [0.1, 0.15) is 33.1 Å². The number of nitrogens with zero attached hydrogens (tertiary/aromatic N) is 1. The van der Waals surface area contributed by atoms with Gasteiger partial charge in [-0.2, -0.15) is 13.2 Å². The second-order valence-corrected chi connectivity index (χ2v) is 4.24. The number of carbonyl (C=O) groups is 1. The first-order valence-electron chi connectivity index (χ1n) is 6.14. The van der Waals surface area contributed by atoms with Crippen LogP contribution in [0.15, 0.2) is 5.16 Å². The van der Waals surface area contributed by atoms with Crippen LogP contribution in [0.4, 0.5) is 13.2 Å². The molecule has 0 saturated heterocycles. The third kappa shape index (κ3) is 6.09. The van der Waals surface area contributed by atoms with Crippen molar-refractivity contribution in [2.24, 2.45) is 10.9 Å². The zero-order valence-corrected chi connectivity index (χ0v) is 11.5. The summed E-state index contributed by atoms with van der Waals surface area (Å²) >= 11 is 0. The molecule has 20 heavy (non-hydrogen) atoms. The molecule has 0 aliphatic carbocycles. The van der Waals surface area contributed by atoms with E-state index in [9.17, 15) is 18.0 Å². The summed E-state index contributed by atoms with van der Waals surface area (Å²) in [7, 11) is 0. The molecule has 1 amide bonds. The highest BCUT2D eigenvalue weighted by atomic mass is 19.4. The second-order valence-electron chi connectivity index (χ2n) is 4.24. The molecule has 6 nitrogen and oxygen atoms in total. The minimum absolute atomic E-state index is 0.146. The first kappa shape index (κ1) is 18.5. The smallest absolute Gasteiger partial charge is 0.409 e. The first-order valence-corrected chi connectivity index (χ1v) is 6.14. The molecule has 4 N–H and O–H groups in total. The molecule has 0 aromatic carbocycles. The van der Waals surface area contributed by atoms with Gasteiger partial charge in [-0.05, 0) is 12.8 Å². The van der Waals surface area contributed by atoms with Gasteiger partial charge in [0.1, 0.15) is 12.1 Å². The Morgan fingerprint density at radius 3 is 2.30 bits per heavy atom. The van der Waals surface area contributed by atoms with Crippen LogP contribution in [0.25, 0.3) is 0 Å². The summed E-state index contributed by atoms with van der Waals surface area (Å²) in [5.74, 6) is -0.672. The zero-order valence-electron chi connectivity index (χ0n) is 11.5. The van der Waals surface area contributed by atoms with Crippen LogP contribution >= 0.6 is 0 Å². The maximum absolute atomic E-state index is 11.8. The fraction of sp³-hybridized carbons (Fsp3) is 0.818. The molecule has 0 aliphatic heterocycles. The van der Waals surface area contributed by atoms with Crippen LogP contribution in [-0.4, -0.2) is 41.9 Å². The number of amides is 1. The standard InChI is InChI=1S/C11H20F3N3O3/c1-3-10(4-2,9(15)17-19)16-8(18)5-6-20-7-11(12,13)14/h19H,3-7H2,1-2H3,(H2,15,17)(H,16,18). The average molecular weight is 299 g/mol. The molecule has 0 bridgehead atoms. The summed E-state index contributed by atoms with van der Waals surface area (Å²) in [5, 5.41) is 14.2. The Morgan fingerprint density at radius 1 is 1.35 bits per heavy atom. The van der Waals surface area contributed by atoms with Gasteiger partial charge in [-0.15, -0.1) is 0 Å². The van der Waals surface area contributed by atoms with Crippen LogP contribution in [0.3, 0.4) is 0 Å². The molecule has 0 radical (unpaired) electrons. The first-order chi connectivity index (χ1) is 9.20. The van der Waals surface area contributed by atoms with Gasteiger partial charge in [0.15, 0.2) is 5.84 Å². The van der Waals surface area contributed by atoms with Gasteiger partial charge < -0.3 is 21.0 Å². The molecular weight excluding hydrogens is 279 g/mol. The Bertz CT molecular complexity index is 342. The van der Waals surface area contributed by atoms with Crippen molar-refractivity contribution in [1.29, 1.82) is 0 Å². The van der Waals surface area contributed by atoms with E-state index in [2.05, 4.69) is 15.2 Å². The van der Waals surface area contributed by atoms with Crippen molar-refractivity contribution in [2.45, 2.75) is 44.8 Å². The number of oxime groups is 1. The molecule has 0 aromatic rings. The molecule has 0 spiro atoms.